The van der Waals surface area contributed by atoms with E-state index in [2.05, 4.69) is 11.9 Å². The van der Waals surface area contributed by atoms with Crippen LogP contribution < -0.4 is 0 Å². The molecule has 0 aromatic carbocycles. The maximum absolute atomic E-state index is 12.5. The summed E-state index contributed by atoms with van der Waals surface area (Å²) in [6.07, 6.45) is 2.48. The van der Waals surface area contributed by atoms with Gasteiger partial charge in [-0.25, -0.2) is 4.98 Å². The molecule has 2 aliphatic rings. The number of carbonyl (C=O) groups is 1. The van der Waals surface area contributed by atoms with Crippen molar-refractivity contribution in [2.75, 3.05) is 26.3 Å². The lowest BCUT2D eigenvalue weighted by molar-refractivity contribution is -0.125. The molecule has 122 valence electrons. The molecule has 1 aromatic rings. The second-order valence-corrected chi connectivity index (χ2v) is 7.59. The molecule has 2 saturated heterocycles. The molecule has 1 aromatic heterocycles. The molecule has 0 aliphatic carbocycles. The van der Waals surface area contributed by atoms with Crippen LogP contribution in [0.15, 0.2) is 5.38 Å². The number of hydrogen-bond donors (Lipinski definition) is 1. The minimum atomic E-state index is -0.668. The number of carbonyl (C=O) groups excluding carboxylic acids is 1. The number of amides is 1. The van der Waals surface area contributed by atoms with Crippen molar-refractivity contribution in [2.24, 2.45) is 11.8 Å². The van der Waals surface area contributed by atoms with Gasteiger partial charge in [0.2, 0.25) is 0 Å². The first kappa shape index (κ1) is 15.9. The number of ether oxygens (including phenoxy) is 1. The highest BCUT2D eigenvalue weighted by Gasteiger charge is 2.46. The number of piperidine rings is 1. The molecular weight excluding hydrogens is 300 g/mol. The predicted molar refractivity (Wildman–Crippen MR) is 85.0 cm³/mol. The number of aliphatic hydroxyl groups is 1. The Bertz CT molecular complexity index is 541. The van der Waals surface area contributed by atoms with E-state index in [4.69, 9.17) is 4.74 Å². The van der Waals surface area contributed by atoms with E-state index in [0.29, 0.717) is 25.2 Å². The fourth-order valence-corrected chi connectivity index (χ4v) is 4.34. The zero-order valence-corrected chi connectivity index (χ0v) is 14.1. The number of aromatic nitrogens is 1. The quantitative estimate of drug-likeness (QED) is 0.905. The zero-order valence-electron chi connectivity index (χ0n) is 13.2. The molecule has 1 N–H and O–H groups in total. The minimum Gasteiger partial charge on any atom is -0.389 e. The molecule has 1 amide bonds. The molecule has 2 aliphatic heterocycles. The lowest BCUT2D eigenvalue weighted by Gasteiger charge is -2.48. The molecule has 2 atom stereocenters. The van der Waals surface area contributed by atoms with E-state index in [1.807, 2.05) is 17.2 Å². The predicted octanol–water partition coefficient (Wildman–Crippen LogP) is 2.09. The Morgan fingerprint density at radius 1 is 1.50 bits per heavy atom. The van der Waals surface area contributed by atoms with Crippen LogP contribution in [0.25, 0.3) is 0 Å². The first-order valence-corrected chi connectivity index (χ1v) is 8.90. The number of aryl methyl sites for hydroxylation is 1. The van der Waals surface area contributed by atoms with Gasteiger partial charge < -0.3 is 14.7 Å². The van der Waals surface area contributed by atoms with Crippen LogP contribution in [0.1, 0.15) is 41.7 Å². The Balaban J connectivity index is 1.67. The van der Waals surface area contributed by atoms with Crippen LogP contribution in [0.2, 0.25) is 0 Å². The van der Waals surface area contributed by atoms with E-state index in [9.17, 15) is 9.90 Å². The van der Waals surface area contributed by atoms with Gasteiger partial charge in [0.15, 0.2) is 0 Å². The van der Waals surface area contributed by atoms with E-state index in [1.54, 1.807) is 0 Å². The summed E-state index contributed by atoms with van der Waals surface area (Å²) in [4.78, 5) is 18.6. The number of likely N-dealkylation sites (tertiary alicyclic amines) is 1. The van der Waals surface area contributed by atoms with Crippen LogP contribution in [0.4, 0.5) is 0 Å². The van der Waals surface area contributed by atoms with Crippen molar-refractivity contribution in [3.63, 3.8) is 0 Å². The van der Waals surface area contributed by atoms with Crippen LogP contribution in [0.5, 0.6) is 0 Å². The molecule has 3 heterocycles. The second-order valence-electron chi connectivity index (χ2n) is 6.53. The molecule has 0 bridgehead atoms. The lowest BCUT2D eigenvalue weighted by Crippen LogP contribution is -2.56. The normalized spacial score (nSPS) is 30.5. The number of nitrogens with zero attached hydrogens (tertiary/aromatic N) is 2. The van der Waals surface area contributed by atoms with Gasteiger partial charge in [-0.05, 0) is 32.1 Å². The third-order valence-electron chi connectivity index (χ3n) is 5.18. The molecule has 2 fully saturated rings. The fourth-order valence-electron chi connectivity index (χ4n) is 3.75. The van der Waals surface area contributed by atoms with Gasteiger partial charge in [-0.1, -0.05) is 6.92 Å². The number of rotatable bonds is 2. The average Bonchev–Trinajstić information content (AvgIpc) is 2.97. The standard InChI is InChI=1S/C16H24N2O3S/c1-11-9-18(15(19)14-10-22-12(2)17-14)6-5-16(11,20)13-3-7-21-8-4-13/h10-11,13,20H,3-9H2,1-2H3. The summed E-state index contributed by atoms with van der Waals surface area (Å²) >= 11 is 1.50. The average molecular weight is 324 g/mol. The smallest absolute Gasteiger partial charge is 0.273 e. The number of hydrogen-bond acceptors (Lipinski definition) is 5. The summed E-state index contributed by atoms with van der Waals surface area (Å²) in [7, 11) is 0. The molecular formula is C16H24N2O3S. The van der Waals surface area contributed by atoms with E-state index in [1.165, 1.54) is 11.3 Å². The second kappa shape index (κ2) is 6.26. The van der Waals surface area contributed by atoms with Crippen LogP contribution in [-0.4, -0.2) is 52.8 Å². The molecule has 2 unspecified atom stereocenters. The fraction of sp³-hybridized carbons (Fsp3) is 0.750. The maximum Gasteiger partial charge on any atom is 0.273 e. The molecule has 0 radical (unpaired) electrons. The lowest BCUT2D eigenvalue weighted by atomic mass is 9.70. The van der Waals surface area contributed by atoms with Crippen molar-refractivity contribution in [2.45, 2.75) is 38.7 Å². The monoisotopic (exact) mass is 324 g/mol. The topological polar surface area (TPSA) is 62.7 Å². The van der Waals surface area contributed by atoms with E-state index >= 15 is 0 Å². The third-order valence-corrected chi connectivity index (χ3v) is 5.96. The Labute approximate surface area is 135 Å². The van der Waals surface area contributed by atoms with Crippen LogP contribution in [-0.2, 0) is 4.74 Å². The SMILES string of the molecule is Cc1nc(C(=O)N2CCC(O)(C3CCOCC3)C(C)C2)cs1. The maximum atomic E-state index is 12.5. The largest absolute Gasteiger partial charge is 0.389 e. The Kier molecular flexibility index (Phi) is 4.52. The molecule has 0 saturated carbocycles. The van der Waals surface area contributed by atoms with Crippen molar-refractivity contribution in [1.29, 1.82) is 0 Å². The van der Waals surface area contributed by atoms with E-state index in [0.717, 1.165) is 31.1 Å². The minimum absolute atomic E-state index is 0.00905. The summed E-state index contributed by atoms with van der Waals surface area (Å²) in [6.45, 7) is 6.64. The van der Waals surface area contributed by atoms with E-state index in [-0.39, 0.29) is 17.7 Å². The van der Waals surface area contributed by atoms with Gasteiger partial charge >= 0.3 is 0 Å². The van der Waals surface area contributed by atoms with Gasteiger partial charge in [-0.2, -0.15) is 0 Å². The molecule has 22 heavy (non-hydrogen) atoms. The van der Waals surface area contributed by atoms with Gasteiger partial charge in [0, 0.05) is 37.6 Å². The molecule has 3 rings (SSSR count). The van der Waals surface area contributed by atoms with Crippen molar-refractivity contribution < 1.29 is 14.6 Å². The first-order chi connectivity index (χ1) is 10.5. The molecule has 6 heteroatoms. The Hall–Kier alpha value is -0.980. The van der Waals surface area contributed by atoms with Gasteiger partial charge in [-0.15, -0.1) is 11.3 Å². The summed E-state index contributed by atoms with van der Waals surface area (Å²) in [6, 6.07) is 0. The highest BCUT2D eigenvalue weighted by Crippen LogP contribution is 2.39. The zero-order chi connectivity index (χ0) is 15.7. The van der Waals surface area contributed by atoms with Crippen LogP contribution in [0, 0.1) is 18.8 Å². The molecule has 5 nitrogen and oxygen atoms in total. The summed E-state index contributed by atoms with van der Waals surface area (Å²) < 4.78 is 5.41. The highest BCUT2D eigenvalue weighted by molar-refractivity contribution is 7.09. The first-order valence-electron chi connectivity index (χ1n) is 8.02. The van der Waals surface area contributed by atoms with Gasteiger partial charge in [-0.3, -0.25) is 4.79 Å². The van der Waals surface area contributed by atoms with Crippen molar-refractivity contribution in [3.8, 4) is 0 Å². The van der Waals surface area contributed by atoms with Crippen molar-refractivity contribution in [3.05, 3.63) is 16.1 Å². The Morgan fingerprint density at radius 3 is 2.82 bits per heavy atom. The summed E-state index contributed by atoms with van der Waals surface area (Å²) in [5.41, 5.74) is -0.135. The van der Waals surface area contributed by atoms with Crippen molar-refractivity contribution in [1.82, 2.24) is 9.88 Å². The van der Waals surface area contributed by atoms with Gasteiger partial charge in [0.05, 0.1) is 10.6 Å². The van der Waals surface area contributed by atoms with Gasteiger partial charge in [0.25, 0.3) is 5.91 Å². The van der Waals surface area contributed by atoms with Crippen LogP contribution >= 0.6 is 11.3 Å². The summed E-state index contributed by atoms with van der Waals surface area (Å²) in [5, 5.41) is 13.9. The van der Waals surface area contributed by atoms with Crippen LogP contribution in [0.3, 0.4) is 0 Å². The molecule has 0 spiro atoms. The third kappa shape index (κ3) is 2.92. The summed E-state index contributed by atoms with van der Waals surface area (Å²) in [5.74, 6) is 0.355. The Morgan fingerprint density at radius 2 is 2.23 bits per heavy atom. The van der Waals surface area contributed by atoms with Crippen molar-refractivity contribution >= 4 is 17.2 Å². The number of thiazole rings is 1. The highest BCUT2D eigenvalue weighted by atomic mass is 32.1. The van der Waals surface area contributed by atoms with E-state index < -0.39 is 5.60 Å². The van der Waals surface area contributed by atoms with Gasteiger partial charge in [0.1, 0.15) is 5.69 Å².